The van der Waals surface area contributed by atoms with E-state index in [-0.39, 0.29) is 12.5 Å². The van der Waals surface area contributed by atoms with E-state index >= 15 is 0 Å². The van der Waals surface area contributed by atoms with Crippen molar-refractivity contribution in [2.45, 2.75) is 13.5 Å². The number of nitrogens with zero attached hydrogens (tertiary/aromatic N) is 1. The third kappa shape index (κ3) is 2.68. The third-order valence-corrected chi connectivity index (χ3v) is 2.58. The van der Waals surface area contributed by atoms with E-state index in [1.807, 2.05) is 17.5 Å². The summed E-state index contributed by atoms with van der Waals surface area (Å²) >= 11 is 1.55. The van der Waals surface area contributed by atoms with Crippen LogP contribution in [0.25, 0.3) is 10.8 Å². The van der Waals surface area contributed by atoms with Gasteiger partial charge in [0.1, 0.15) is 18.6 Å². The molecule has 1 N–H and O–H groups in total. The average molecular weight is 238 g/mol. The lowest BCUT2D eigenvalue weighted by Gasteiger charge is -1.98. The Bertz CT molecular complexity index is 464. The summed E-state index contributed by atoms with van der Waals surface area (Å²) in [7, 11) is 0. The number of hydrogen-bond donors (Lipinski definition) is 1. The molecule has 0 saturated carbocycles. The van der Waals surface area contributed by atoms with Crippen LogP contribution in [0, 0.1) is 0 Å². The molecule has 0 radical (unpaired) electrons. The van der Waals surface area contributed by atoms with Crippen molar-refractivity contribution in [3.63, 3.8) is 0 Å². The predicted molar refractivity (Wildman–Crippen MR) is 58.4 cm³/mol. The van der Waals surface area contributed by atoms with Crippen LogP contribution in [0.2, 0.25) is 0 Å². The Hall–Kier alpha value is -1.66. The van der Waals surface area contributed by atoms with Crippen molar-refractivity contribution < 1.29 is 14.0 Å². The number of hydroxylamine groups is 1. The van der Waals surface area contributed by atoms with Crippen LogP contribution in [-0.2, 0) is 16.2 Å². The second-order valence-corrected chi connectivity index (χ2v) is 4.02. The monoisotopic (exact) mass is 238 g/mol. The third-order valence-electron chi connectivity index (χ3n) is 1.72. The fraction of sp³-hybridized carbons (Fsp3) is 0.200. The fourth-order valence-electron chi connectivity index (χ4n) is 1.10. The first kappa shape index (κ1) is 10.8. The van der Waals surface area contributed by atoms with Crippen LogP contribution in [0.3, 0.4) is 0 Å². The van der Waals surface area contributed by atoms with Crippen molar-refractivity contribution >= 4 is 17.2 Å². The van der Waals surface area contributed by atoms with Crippen LogP contribution >= 0.6 is 11.3 Å². The number of rotatable bonds is 4. The summed E-state index contributed by atoms with van der Waals surface area (Å²) in [5.41, 5.74) is 2.86. The van der Waals surface area contributed by atoms with Gasteiger partial charge in [0.25, 0.3) is 0 Å². The van der Waals surface area contributed by atoms with Gasteiger partial charge in [0, 0.05) is 6.92 Å². The van der Waals surface area contributed by atoms with Gasteiger partial charge >= 0.3 is 0 Å². The smallest absolute Gasteiger partial charge is 0.240 e. The molecule has 0 aliphatic carbocycles. The van der Waals surface area contributed by atoms with Gasteiger partial charge < -0.3 is 4.42 Å². The highest BCUT2D eigenvalue weighted by molar-refractivity contribution is 7.13. The Balaban J connectivity index is 1.95. The first-order valence-corrected chi connectivity index (χ1v) is 5.50. The standard InChI is InChI=1S/C10H10N2O3S/c1-7(13)12-15-6-8-5-14-10(11-8)9-3-2-4-16-9/h2-5H,6H2,1H3,(H,12,13). The number of carbonyl (C=O) groups excluding carboxylic acids is 1. The van der Waals surface area contributed by atoms with Crippen LogP contribution in [0.5, 0.6) is 0 Å². The van der Waals surface area contributed by atoms with Crippen molar-refractivity contribution in [1.82, 2.24) is 10.5 Å². The van der Waals surface area contributed by atoms with E-state index in [0.29, 0.717) is 11.6 Å². The van der Waals surface area contributed by atoms with Gasteiger partial charge in [-0.05, 0) is 11.4 Å². The largest absolute Gasteiger partial charge is 0.443 e. The van der Waals surface area contributed by atoms with E-state index in [1.165, 1.54) is 13.2 Å². The topological polar surface area (TPSA) is 64.4 Å². The summed E-state index contributed by atoms with van der Waals surface area (Å²) in [5.74, 6) is 0.318. The van der Waals surface area contributed by atoms with Crippen LogP contribution < -0.4 is 5.48 Å². The number of carbonyl (C=O) groups is 1. The van der Waals surface area contributed by atoms with Gasteiger partial charge in [-0.1, -0.05) is 6.07 Å². The molecule has 0 fully saturated rings. The minimum atomic E-state index is -0.248. The first-order valence-electron chi connectivity index (χ1n) is 4.62. The van der Waals surface area contributed by atoms with Crippen LogP contribution in [0.4, 0.5) is 0 Å². The average Bonchev–Trinajstić information content (AvgIpc) is 2.85. The fourth-order valence-corrected chi connectivity index (χ4v) is 1.75. The minimum Gasteiger partial charge on any atom is -0.443 e. The highest BCUT2D eigenvalue weighted by Gasteiger charge is 2.07. The number of amides is 1. The molecule has 1 amide bonds. The molecule has 5 nitrogen and oxygen atoms in total. The summed E-state index contributed by atoms with van der Waals surface area (Å²) in [6.45, 7) is 1.56. The molecule has 0 aromatic carbocycles. The normalized spacial score (nSPS) is 10.3. The van der Waals surface area contributed by atoms with Crippen molar-refractivity contribution in [1.29, 1.82) is 0 Å². The van der Waals surface area contributed by atoms with E-state index in [4.69, 9.17) is 9.25 Å². The van der Waals surface area contributed by atoms with Gasteiger partial charge in [0.15, 0.2) is 0 Å². The number of thiophene rings is 1. The summed E-state index contributed by atoms with van der Waals surface area (Å²) in [6.07, 6.45) is 1.51. The van der Waals surface area contributed by atoms with Crippen molar-refractivity contribution in [3.8, 4) is 10.8 Å². The van der Waals surface area contributed by atoms with E-state index in [2.05, 4.69) is 10.5 Å². The zero-order chi connectivity index (χ0) is 11.4. The molecule has 16 heavy (non-hydrogen) atoms. The molecule has 0 aliphatic rings. The predicted octanol–water partition coefficient (Wildman–Crippen LogP) is 1.97. The van der Waals surface area contributed by atoms with Crippen LogP contribution in [0.15, 0.2) is 28.2 Å². The molecule has 84 valence electrons. The molecule has 0 saturated heterocycles. The van der Waals surface area contributed by atoms with Gasteiger partial charge in [-0.2, -0.15) is 0 Å². The lowest BCUT2D eigenvalue weighted by Crippen LogP contribution is -2.19. The highest BCUT2D eigenvalue weighted by Crippen LogP contribution is 2.23. The van der Waals surface area contributed by atoms with Crippen LogP contribution in [0.1, 0.15) is 12.6 Å². The van der Waals surface area contributed by atoms with Gasteiger partial charge in [-0.25, -0.2) is 10.5 Å². The zero-order valence-electron chi connectivity index (χ0n) is 8.60. The van der Waals surface area contributed by atoms with E-state index in [0.717, 1.165) is 4.88 Å². The quantitative estimate of drug-likeness (QED) is 0.827. The Morgan fingerprint density at radius 3 is 3.25 bits per heavy atom. The number of hydrogen-bond acceptors (Lipinski definition) is 5. The van der Waals surface area contributed by atoms with E-state index in [1.54, 1.807) is 11.3 Å². The Morgan fingerprint density at radius 1 is 1.69 bits per heavy atom. The number of oxazole rings is 1. The Morgan fingerprint density at radius 2 is 2.56 bits per heavy atom. The Labute approximate surface area is 96.0 Å². The van der Waals surface area contributed by atoms with E-state index < -0.39 is 0 Å². The zero-order valence-corrected chi connectivity index (χ0v) is 9.41. The van der Waals surface area contributed by atoms with Gasteiger partial charge in [-0.3, -0.25) is 9.63 Å². The van der Waals surface area contributed by atoms with Gasteiger partial charge in [0.05, 0.1) is 4.88 Å². The molecular formula is C10H10N2O3S. The molecule has 0 bridgehead atoms. The lowest BCUT2D eigenvalue weighted by atomic mass is 10.5. The summed E-state index contributed by atoms with van der Waals surface area (Å²) < 4.78 is 5.27. The first-order chi connectivity index (χ1) is 7.75. The van der Waals surface area contributed by atoms with Gasteiger partial charge in [-0.15, -0.1) is 11.3 Å². The SMILES string of the molecule is CC(=O)NOCc1coc(-c2cccs2)n1. The maximum Gasteiger partial charge on any atom is 0.240 e. The number of aromatic nitrogens is 1. The molecule has 6 heteroatoms. The minimum absolute atomic E-state index is 0.189. The second kappa shape index (κ2) is 4.91. The molecular weight excluding hydrogens is 228 g/mol. The Kier molecular flexibility index (Phi) is 3.33. The lowest BCUT2D eigenvalue weighted by molar-refractivity contribution is -0.132. The molecule has 2 aromatic rings. The van der Waals surface area contributed by atoms with Crippen molar-refractivity contribution in [2.24, 2.45) is 0 Å². The molecule has 2 heterocycles. The van der Waals surface area contributed by atoms with Crippen molar-refractivity contribution in [3.05, 3.63) is 29.5 Å². The molecule has 2 aromatic heterocycles. The summed E-state index contributed by atoms with van der Waals surface area (Å²) in [5, 5.41) is 1.95. The molecule has 0 aliphatic heterocycles. The molecule has 0 atom stereocenters. The maximum absolute atomic E-state index is 10.5. The maximum atomic E-state index is 10.5. The van der Waals surface area contributed by atoms with Gasteiger partial charge in [0.2, 0.25) is 11.8 Å². The summed E-state index contributed by atoms with van der Waals surface area (Å²) in [6, 6.07) is 3.85. The highest BCUT2D eigenvalue weighted by atomic mass is 32.1. The molecule has 2 rings (SSSR count). The molecule has 0 spiro atoms. The summed E-state index contributed by atoms with van der Waals surface area (Å²) in [4.78, 5) is 20.6. The van der Waals surface area contributed by atoms with Crippen LogP contribution in [-0.4, -0.2) is 10.9 Å². The van der Waals surface area contributed by atoms with E-state index in [9.17, 15) is 4.79 Å². The second-order valence-electron chi connectivity index (χ2n) is 3.07. The molecule has 0 unspecified atom stereocenters. The van der Waals surface area contributed by atoms with Crippen molar-refractivity contribution in [2.75, 3.05) is 0 Å². The number of nitrogens with one attached hydrogen (secondary N) is 1.